The summed E-state index contributed by atoms with van der Waals surface area (Å²) in [7, 11) is 0. The molecule has 0 spiro atoms. The van der Waals surface area contributed by atoms with Crippen molar-refractivity contribution in [3.8, 4) is 0 Å². The SMILES string of the molecule is O=C1NC(=O)N(Br)C1Br. The predicted octanol–water partition coefficient (Wildman–Crippen LogP) is 0.569. The lowest BCUT2D eigenvalue weighted by Gasteiger charge is -2.03. The summed E-state index contributed by atoms with van der Waals surface area (Å²) in [6, 6.07) is -0.443. The fraction of sp³-hybridized carbons (Fsp3) is 0.333. The Balaban J connectivity index is 2.77. The molecule has 0 radical (unpaired) electrons. The van der Waals surface area contributed by atoms with Gasteiger partial charge in [0.2, 0.25) is 0 Å². The highest BCUT2D eigenvalue weighted by atomic mass is 79.9. The van der Waals surface area contributed by atoms with Gasteiger partial charge in [-0.3, -0.25) is 10.1 Å². The van der Waals surface area contributed by atoms with Gasteiger partial charge in [0.05, 0.1) is 16.1 Å². The molecule has 9 heavy (non-hydrogen) atoms. The summed E-state index contributed by atoms with van der Waals surface area (Å²) < 4.78 is 1.09. The molecule has 4 nitrogen and oxygen atoms in total. The molecule has 1 aliphatic heterocycles. The number of hydrogen-bond acceptors (Lipinski definition) is 2. The van der Waals surface area contributed by atoms with E-state index in [1.165, 1.54) is 0 Å². The van der Waals surface area contributed by atoms with Gasteiger partial charge in [-0.1, -0.05) is 15.9 Å². The molecule has 0 aromatic rings. The van der Waals surface area contributed by atoms with Gasteiger partial charge in [-0.2, -0.15) is 0 Å². The van der Waals surface area contributed by atoms with Gasteiger partial charge in [0, 0.05) is 0 Å². The molecular formula is C3H2Br2N2O2. The van der Waals surface area contributed by atoms with E-state index < -0.39 is 11.0 Å². The topological polar surface area (TPSA) is 49.4 Å². The van der Waals surface area contributed by atoms with Gasteiger partial charge in [-0.15, -0.1) is 0 Å². The molecular weight excluding hydrogens is 256 g/mol. The van der Waals surface area contributed by atoms with Crippen molar-refractivity contribution in [1.82, 2.24) is 9.24 Å². The smallest absolute Gasteiger partial charge is 0.275 e. The minimum atomic E-state index is -0.579. The second kappa shape index (κ2) is 2.26. The van der Waals surface area contributed by atoms with Gasteiger partial charge < -0.3 is 0 Å². The molecule has 0 bridgehead atoms. The Hall–Kier alpha value is -0.100. The lowest BCUT2D eigenvalue weighted by molar-refractivity contribution is -0.118. The predicted molar refractivity (Wildman–Crippen MR) is 37.0 cm³/mol. The lowest BCUT2D eigenvalue weighted by atomic mass is 10.7. The number of carbonyl (C=O) groups is 2. The number of nitrogens with one attached hydrogen (secondary N) is 1. The molecule has 0 saturated carbocycles. The molecule has 50 valence electrons. The van der Waals surface area contributed by atoms with E-state index in [1.807, 2.05) is 0 Å². The number of hydrogen-bond donors (Lipinski definition) is 1. The average molecular weight is 258 g/mol. The van der Waals surface area contributed by atoms with Crippen LogP contribution < -0.4 is 5.32 Å². The lowest BCUT2D eigenvalue weighted by Crippen LogP contribution is -2.21. The van der Waals surface area contributed by atoms with Crippen molar-refractivity contribution < 1.29 is 9.59 Å². The van der Waals surface area contributed by atoms with Crippen molar-refractivity contribution >= 4 is 44.0 Å². The monoisotopic (exact) mass is 256 g/mol. The van der Waals surface area contributed by atoms with Crippen LogP contribution in [0.2, 0.25) is 0 Å². The van der Waals surface area contributed by atoms with Crippen molar-refractivity contribution in [2.45, 2.75) is 4.95 Å². The van der Waals surface area contributed by atoms with Crippen LogP contribution in [0.3, 0.4) is 0 Å². The number of halogens is 2. The second-order valence-corrected chi connectivity index (χ2v) is 3.07. The molecule has 0 aliphatic carbocycles. The molecule has 0 aromatic heterocycles. The van der Waals surface area contributed by atoms with E-state index in [-0.39, 0.29) is 5.91 Å². The fourth-order valence-electron chi connectivity index (χ4n) is 0.424. The second-order valence-electron chi connectivity index (χ2n) is 1.44. The summed E-state index contributed by atoms with van der Waals surface area (Å²) >= 11 is 5.82. The van der Waals surface area contributed by atoms with E-state index in [4.69, 9.17) is 0 Å². The zero-order chi connectivity index (χ0) is 7.02. The first kappa shape index (κ1) is 7.01. The van der Waals surface area contributed by atoms with Crippen LogP contribution in [0.25, 0.3) is 0 Å². The summed E-state index contributed by atoms with van der Waals surface area (Å²) in [6.07, 6.45) is 0. The number of imide groups is 1. The molecule has 1 N–H and O–H groups in total. The van der Waals surface area contributed by atoms with Gasteiger partial charge in [-0.05, 0) is 0 Å². The molecule has 1 unspecified atom stereocenters. The maximum Gasteiger partial charge on any atom is 0.335 e. The number of carbonyl (C=O) groups excluding carboxylic acids is 2. The number of alkyl halides is 1. The van der Waals surface area contributed by atoms with Crippen LogP contribution in [-0.4, -0.2) is 20.8 Å². The largest absolute Gasteiger partial charge is 0.335 e. The number of urea groups is 1. The van der Waals surface area contributed by atoms with Gasteiger partial charge in [0.1, 0.15) is 0 Å². The first-order chi connectivity index (χ1) is 4.13. The van der Waals surface area contributed by atoms with Gasteiger partial charge in [0.25, 0.3) is 5.91 Å². The quantitative estimate of drug-likeness (QED) is 0.299. The van der Waals surface area contributed by atoms with Crippen LogP contribution in [0.5, 0.6) is 0 Å². The molecule has 0 aromatic carbocycles. The number of amides is 3. The fourth-order valence-corrected chi connectivity index (χ4v) is 0.999. The maximum absolute atomic E-state index is 10.5. The van der Waals surface area contributed by atoms with Crippen LogP contribution in [0, 0.1) is 0 Å². The van der Waals surface area contributed by atoms with Gasteiger partial charge >= 0.3 is 6.03 Å². The standard InChI is InChI=1S/C3H2Br2N2O2/c4-1-2(8)6-3(9)7(1)5/h1H,(H,6,8,9). The Bertz CT molecular complexity index is 153. The number of rotatable bonds is 0. The third kappa shape index (κ3) is 1.09. The van der Waals surface area contributed by atoms with Crippen LogP contribution in [0.15, 0.2) is 0 Å². The van der Waals surface area contributed by atoms with Gasteiger partial charge in [0.15, 0.2) is 4.95 Å². The third-order valence-electron chi connectivity index (χ3n) is 0.840. The van der Waals surface area contributed by atoms with E-state index in [1.54, 1.807) is 0 Å². The summed E-state index contributed by atoms with van der Waals surface area (Å²) in [5, 5.41) is 2.07. The van der Waals surface area contributed by atoms with Crippen molar-refractivity contribution in [3.05, 3.63) is 0 Å². The van der Waals surface area contributed by atoms with E-state index in [0.717, 1.165) is 3.93 Å². The van der Waals surface area contributed by atoms with Crippen molar-refractivity contribution in [1.29, 1.82) is 0 Å². The Labute approximate surface area is 68.0 Å². The Morgan fingerprint density at radius 2 is 2.11 bits per heavy atom. The summed E-state index contributed by atoms with van der Waals surface area (Å²) in [6.45, 7) is 0. The van der Waals surface area contributed by atoms with Crippen molar-refractivity contribution in [2.75, 3.05) is 0 Å². The minimum Gasteiger partial charge on any atom is -0.275 e. The van der Waals surface area contributed by atoms with Crippen molar-refractivity contribution in [3.63, 3.8) is 0 Å². The third-order valence-corrected chi connectivity index (χ3v) is 2.95. The zero-order valence-electron chi connectivity index (χ0n) is 4.10. The Kier molecular flexibility index (Phi) is 1.76. The van der Waals surface area contributed by atoms with Crippen LogP contribution in [0.4, 0.5) is 4.79 Å². The summed E-state index contributed by atoms with van der Waals surface area (Å²) in [5.41, 5.74) is 0. The number of nitrogens with zero attached hydrogens (tertiary/aromatic N) is 1. The molecule has 1 rings (SSSR count). The first-order valence-corrected chi connectivity index (χ1v) is 3.69. The normalized spacial score (nSPS) is 26.9. The molecule has 3 amide bonds. The van der Waals surface area contributed by atoms with Crippen LogP contribution in [0.1, 0.15) is 0 Å². The zero-order valence-corrected chi connectivity index (χ0v) is 7.27. The van der Waals surface area contributed by atoms with Gasteiger partial charge in [-0.25, -0.2) is 8.72 Å². The average Bonchev–Trinajstić information content (AvgIpc) is 1.98. The Morgan fingerprint density at radius 3 is 2.22 bits per heavy atom. The van der Waals surface area contributed by atoms with Crippen LogP contribution >= 0.6 is 32.1 Å². The summed E-state index contributed by atoms with van der Waals surface area (Å²) in [4.78, 5) is 20.5. The maximum atomic E-state index is 10.5. The van der Waals surface area contributed by atoms with Crippen LogP contribution in [-0.2, 0) is 4.79 Å². The summed E-state index contributed by atoms with van der Waals surface area (Å²) in [5.74, 6) is -0.350. The Morgan fingerprint density at radius 1 is 1.56 bits per heavy atom. The van der Waals surface area contributed by atoms with E-state index >= 15 is 0 Å². The molecule has 6 heteroatoms. The molecule has 1 fully saturated rings. The molecule has 1 atom stereocenters. The molecule has 1 aliphatic rings. The first-order valence-electron chi connectivity index (χ1n) is 2.07. The van der Waals surface area contributed by atoms with E-state index in [0.29, 0.717) is 0 Å². The molecule has 1 saturated heterocycles. The van der Waals surface area contributed by atoms with E-state index in [9.17, 15) is 9.59 Å². The van der Waals surface area contributed by atoms with E-state index in [2.05, 4.69) is 37.4 Å². The highest BCUT2D eigenvalue weighted by molar-refractivity contribution is 9.11. The van der Waals surface area contributed by atoms with Crippen molar-refractivity contribution in [2.24, 2.45) is 0 Å². The minimum absolute atomic E-state index is 0.350. The highest BCUT2D eigenvalue weighted by Crippen LogP contribution is 2.17. The highest BCUT2D eigenvalue weighted by Gasteiger charge is 2.34. The molecule has 1 heterocycles.